The first-order valence-electron chi connectivity index (χ1n) is 11.8. The largest absolute Gasteiger partial charge is 0.339 e. The number of aromatic nitrogens is 2. The topological polar surface area (TPSA) is 58.4 Å². The van der Waals surface area contributed by atoms with Crippen LogP contribution in [0.15, 0.2) is 69.0 Å². The Balaban J connectivity index is 1.37. The molecule has 1 saturated heterocycles. The molecule has 35 heavy (non-hydrogen) atoms. The van der Waals surface area contributed by atoms with Crippen molar-refractivity contribution in [1.29, 1.82) is 0 Å². The Morgan fingerprint density at radius 3 is 2.34 bits per heavy atom. The molecule has 1 fully saturated rings. The van der Waals surface area contributed by atoms with Crippen LogP contribution >= 0.6 is 27.7 Å². The van der Waals surface area contributed by atoms with Crippen LogP contribution in [0.2, 0.25) is 0 Å². The lowest BCUT2D eigenvalue weighted by molar-refractivity contribution is -0.132. The molecular weight excluding hydrogens is 524 g/mol. The monoisotopic (exact) mass is 554 g/mol. The van der Waals surface area contributed by atoms with Crippen molar-refractivity contribution < 1.29 is 4.79 Å². The second-order valence-electron chi connectivity index (χ2n) is 8.97. The Bertz CT molecular complexity index is 1220. The number of halogens is 1. The fraction of sp³-hybridized carbons (Fsp3) is 0.370. The summed E-state index contributed by atoms with van der Waals surface area (Å²) in [4.78, 5) is 35.3. The van der Waals surface area contributed by atoms with Gasteiger partial charge in [-0.25, -0.2) is 4.98 Å². The van der Waals surface area contributed by atoms with E-state index in [4.69, 9.17) is 4.98 Å². The first-order valence-corrected chi connectivity index (χ1v) is 13.5. The maximum atomic E-state index is 13.2. The molecule has 0 spiro atoms. The van der Waals surface area contributed by atoms with E-state index in [1.54, 1.807) is 11.6 Å². The fourth-order valence-corrected chi connectivity index (χ4v) is 5.54. The van der Waals surface area contributed by atoms with Crippen LogP contribution in [0.1, 0.15) is 29.3 Å². The minimum atomic E-state index is -0.314. The molecule has 1 amide bonds. The van der Waals surface area contributed by atoms with Gasteiger partial charge in [0.05, 0.1) is 5.25 Å². The van der Waals surface area contributed by atoms with Crippen LogP contribution < -0.4 is 5.56 Å². The van der Waals surface area contributed by atoms with Crippen LogP contribution in [0, 0.1) is 6.92 Å². The predicted octanol–water partition coefficient (Wildman–Crippen LogP) is 4.27. The number of nitrogens with zero attached hydrogens (tertiary/aromatic N) is 4. The number of carbonyl (C=O) groups is 1. The first kappa shape index (κ1) is 25.7. The van der Waals surface area contributed by atoms with Crippen LogP contribution in [0.25, 0.3) is 0 Å². The van der Waals surface area contributed by atoms with Crippen LogP contribution in [0.5, 0.6) is 0 Å². The van der Waals surface area contributed by atoms with Crippen molar-refractivity contribution in [2.45, 2.75) is 37.2 Å². The molecule has 0 saturated carbocycles. The Morgan fingerprint density at radius 1 is 1.03 bits per heavy atom. The van der Waals surface area contributed by atoms with E-state index in [-0.39, 0.29) is 16.7 Å². The Kier molecular flexibility index (Phi) is 8.46. The number of rotatable bonds is 7. The van der Waals surface area contributed by atoms with Gasteiger partial charge in [0.15, 0.2) is 5.16 Å². The smallest absolute Gasteiger partial charge is 0.257 e. The summed E-state index contributed by atoms with van der Waals surface area (Å²) in [7, 11) is 1.74. The highest BCUT2D eigenvalue weighted by molar-refractivity contribution is 9.10. The normalized spacial score (nSPS) is 15.3. The number of piperazine rings is 1. The molecule has 6 nitrogen and oxygen atoms in total. The van der Waals surface area contributed by atoms with E-state index in [2.05, 4.69) is 45.1 Å². The van der Waals surface area contributed by atoms with Gasteiger partial charge in [-0.2, -0.15) is 0 Å². The highest BCUT2D eigenvalue weighted by atomic mass is 79.9. The number of thioether (sulfide) groups is 1. The van der Waals surface area contributed by atoms with Gasteiger partial charge in [-0.3, -0.25) is 19.1 Å². The van der Waals surface area contributed by atoms with E-state index in [0.29, 0.717) is 35.9 Å². The van der Waals surface area contributed by atoms with Gasteiger partial charge in [-0.05, 0) is 37.1 Å². The third-order valence-corrected chi connectivity index (χ3v) is 8.07. The number of hydrogen-bond donors (Lipinski definition) is 0. The van der Waals surface area contributed by atoms with Crippen LogP contribution in [-0.4, -0.2) is 56.7 Å². The van der Waals surface area contributed by atoms with Gasteiger partial charge in [-0.15, -0.1) is 0 Å². The molecule has 1 aliphatic rings. The maximum absolute atomic E-state index is 13.2. The Morgan fingerprint density at radius 2 is 1.69 bits per heavy atom. The summed E-state index contributed by atoms with van der Waals surface area (Å²) in [6.45, 7) is 7.84. The van der Waals surface area contributed by atoms with Gasteiger partial charge in [-0.1, -0.05) is 70.2 Å². The van der Waals surface area contributed by atoms with E-state index >= 15 is 0 Å². The van der Waals surface area contributed by atoms with Crippen molar-refractivity contribution in [1.82, 2.24) is 19.4 Å². The average molecular weight is 556 g/mol. The standard InChI is InChI=1S/C27H31BrN4O2S/c1-19-24(17-21-9-11-23(28)12-10-21)26(34)30(3)27(29-19)35-20(2)25(33)32-15-13-31(14-16-32)18-22-7-5-4-6-8-22/h4-12,20H,13-18H2,1-3H3. The lowest BCUT2D eigenvalue weighted by Gasteiger charge is -2.35. The molecule has 0 radical (unpaired) electrons. The Labute approximate surface area is 219 Å². The molecule has 1 aliphatic heterocycles. The molecule has 0 N–H and O–H groups in total. The molecule has 3 aromatic rings. The second-order valence-corrected chi connectivity index (χ2v) is 11.2. The van der Waals surface area contributed by atoms with Crippen LogP contribution in [0.4, 0.5) is 0 Å². The highest BCUT2D eigenvalue weighted by Crippen LogP contribution is 2.24. The predicted molar refractivity (Wildman–Crippen MR) is 145 cm³/mol. The number of amides is 1. The summed E-state index contributed by atoms with van der Waals surface area (Å²) in [6, 6.07) is 18.4. The highest BCUT2D eigenvalue weighted by Gasteiger charge is 2.27. The molecule has 1 unspecified atom stereocenters. The summed E-state index contributed by atoms with van der Waals surface area (Å²) >= 11 is 4.81. The van der Waals surface area contributed by atoms with Crippen molar-refractivity contribution in [3.63, 3.8) is 0 Å². The van der Waals surface area contributed by atoms with Gasteiger partial charge in [0.1, 0.15) is 0 Å². The zero-order chi connectivity index (χ0) is 24.9. The summed E-state index contributed by atoms with van der Waals surface area (Å²) in [6.07, 6.45) is 0.533. The number of aryl methyl sites for hydroxylation is 1. The van der Waals surface area contributed by atoms with Crippen molar-refractivity contribution in [3.8, 4) is 0 Å². The number of carbonyl (C=O) groups excluding carboxylic acids is 1. The summed E-state index contributed by atoms with van der Waals surface area (Å²) < 4.78 is 2.58. The van der Waals surface area contributed by atoms with E-state index < -0.39 is 0 Å². The lowest BCUT2D eigenvalue weighted by Crippen LogP contribution is -2.50. The molecule has 2 heterocycles. The minimum absolute atomic E-state index is 0.0582. The van der Waals surface area contributed by atoms with E-state index in [0.717, 1.165) is 29.7 Å². The molecular formula is C27H31BrN4O2S. The third-order valence-electron chi connectivity index (χ3n) is 6.41. The van der Waals surface area contributed by atoms with Gasteiger partial charge in [0, 0.05) is 61.9 Å². The van der Waals surface area contributed by atoms with Gasteiger partial charge < -0.3 is 4.90 Å². The van der Waals surface area contributed by atoms with Crippen molar-refractivity contribution >= 4 is 33.6 Å². The number of hydrogen-bond acceptors (Lipinski definition) is 5. The third kappa shape index (κ3) is 6.42. The number of benzene rings is 2. The van der Waals surface area contributed by atoms with E-state index in [1.165, 1.54) is 17.3 Å². The quantitative estimate of drug-likeness (QED) is 0.322. The molecule has 184 valence electrons. The second kappa shape index (κ2) is 11.5. The van der Waals surface area contributed by atoms with Crippen LogP contribution in [0.3, 0.4) is 0 Å². The summed E-state index contributed by atoms with van der Waals surface area (Å²) in [5, 5.41) is 0.265. The molecule has 2 aromatic carbocycles. The molecule has 0 aliphatic carbocycles. The van der Waals surface area contributed by atoms with E-state index in [1.807, 2.05) is 49.1 Å². The zero-order valence-corrected chi connectivity index (χ0v) is 22.8. The van der Waals surface area contributed by atoms with Crippen molar-refractivity contribution in [2.75, 3.05) is 26.2 Å². The first-order chi connectivity index (χ1) is 16.8. The van der Waals surface area contributed by atoms with Crippen molar-refractivity contribution in [3.05, 3.63) is 91.8 Å². The molecule has 8 heteroatoms. The van der Waals surface area contributed by atoms with Gasteiger partial charge in [0.25, 0.3) is 5.56 Å². The lowest BCUT2D eigenvalue weighted by atomic mass is 10.1. The van der Waals surface area contributed by atoms with E-state index in [9.17, 15) is 9.59 Å². The average Bonchev–Trinajstić information content (AvgIpc) is 2.87. The fourth-order valence-electron chi connectivity index (χ4n) is 4.28. The Hall–Kier alpha value is -2.42. The van der Waals surface area contributed by atoms with Gasteiger partial charge in [0.2, 0.25) is 5.91 Å². The maximum Gasteiger partial charge on any atom is 0.257 e. The molecule has 0 bridgehead atoms. The summed E-state index contributed by atoms with van der Waals surface area (Å²) in [5.74, 6) is 0.0974. The zero-order valence-electron chi connectivity index (χ0n) is 20.4. The van der Waals surface area contributed by atoms with Crippen molar-refractivity contribution in [2.24, 2.45) is 7.05 Å². The molecule has 1 atom stereocenters. The SMILES string of the molecule is Cc1nc(SC(C)C(=O)N2CCN(Cc3ccccc3)CC2)n(C)c(=O)c1Cc1ccc(Br)cc1. The molecule has 1 aromatic heterocycles. The summed E-state index contributed by atoms with van der Waals surface area (Å²) in [5.41, 5.74) is 3.70. The molecule has 4 rings (SSSR count). The van der Waals surface area contributed by atoms with Crippen LogP contribution in [-0.2, 0) is 24.8 Å². The minimum Gasteiger partial charge on any atom is -0.339 e. The van der Waals surface area contributed by atoms with Gasteiger partial charge >= 0.3 is 0 Å².